The zero-order valence-electron chi connectivity index (χ0n) is 17.5. The van der Waals surface area contributed by atoms with E-state index in [-0.39, 0.29) is 5.56 Å². The van der Waals surface area contributed by atoms with Gasteiger partial charge >= 0.3 is 0 Å². The number of ether oxygens (including phenoxy) is 2. The molecule has 5 nitrogen and oxygen atoms in total. The van der Waals surface area contributed by atoms with Gasteiger partial charge in [-0.3, -0.25) is 4.79 Å². The van der Waals surface area contributed by atoms with Crippen molar-refractivity contribution in [3.8, 4) is 11.5 Å². The maximum atomic E-state index is 13.1. The summed E-state index contributed by atoms with van der Waals surface area (Å²) in [5.74, 6) is 1.21. The Morgan fingerprint density at radius 2 is 1.91 bits per heavy atom. The van der Waals surface area contributed by atoms with Crippen LogP contribution in [0.1, 0.15) is 18.1 Å². The van der Waals surface area contributed by atoms with Crippen LogP contribution in [0.2, 0.25) is 5.02 Å². The molecule has 0 fully saturated rings. The third-order valence-electron chi connectivity index (χ3n) is 5.07. The highest BCUT2D eigenvalue weighted by atomic mass is 79.9. The number of benzene rings is 3. The molecule has 0 saturated carbocycles. The van der Waals surface area contributed by atoms with Crippen LogP contribution in [0.25, 0.3) is 22.1 Å². The Morgan fingerprint density at radius 3 is 2.70 bits per heavy atom. The van der Waals surface area contributed by atoms with Crippen molar-refractivity contribution in [1.29, 1.82) is 0 Å². The van der Waals surface area contributed by atoms with Gasteiger partial charge in [-0.2, -0.15) is 0 Å². The Labute approximate surface area is 207 Å². The fraction of sp³-hybridized carbons (Fsp3) is 0.120. The highest BCUT2D eigenvalue weighted by molar-refractivity contribution is 9.10. The Kier molecular flexibility index (Phi) is 6.10. The van der Waals surface area contributed by atoms with Gasteiger partial charge in [-0.05, 0) is 76.5 Å². The molecule has 0 atom stereocenters. The van der Waals surface area contributed by atoms with Gasteiger partial charge in [0.05, 0.1) is 26.6 Å². The minimum Gasteiger partial charge on any atom is -0.490 e. The molecule has 5 rings (SSSR count). The first-order valence-corrected chi connectivity index (χ1v) is 12.3. The molecule has 2 aromatic heterocycles. The van der Waals surface area contributed by atoms with E-state index in [1.54, 1.807) is 4.40 Å². The minimum atomic E-state index is -0.0825. The molecule has 0 N–H and O–H groups in total. The van der Waals surface area contributed by atoms with Crippen LogP contribution >= 0.6 is 38.9 Å². The van der Waals surface area contributed by atoms with Crippen LogP contribution in [0.4, 0.5) is 0 Å². The number of para-hydroxylation sites is 2. The summed E-state index contributed by atoms with van der Waals surface area (Å²) < 4.78 is 14.9. The van der Waals surface area contributed by atoms with Crippen molar-refractivity contribution in [3.63, 3.8) is 0 Å². The zero-order chi connectivity index (χ0) is 22.9. The van der Waals surface area contributed by atoms with E-state index < -0.39 is 0 Å². The number of hydrogen-bond acceptors (Lipinski definition) is 5. The molecule has 2 heterocycles. The molecule has 5 aromatic rings. The van der Waals surface area contributed by atoms with E-state index in [0.717, 1.165) is 26.6 Å². The van der Waals surface area contributed by atoms with E-state index >= 15 is 0 Å². The molecule has 33 heavy (non-hydrogen) atoms. The normalized spacial score (nSPS) is 12.0. The van der Waals surface area contributed by atoms with Crippen molar-refractivity contribution in [2.45, 2.75) is 13.5 Å². The molecule has 166 valence electrons. The maximum absolute atomic E-state index is 13.1. The molecule has 0 amide bonds. The Morgan fingerprint density at radius 1 is 1.12 bits per heavy atom. The Balaban J connectivity index is 1.52. The summed E-state index contributed by atoms with van der Waals surface area (Å²) in [6.07, 6.45) is 1.85. The number of imidazole rings is 1. The summed E-state index contributed by atoms with van der Waals surface area (Å²) in [5, 5.41) is 0.682. The predicted molar refractivity (Wildman–Crippen MR) is 137 cm³/mol. The molecule has 0 unspecified atom stereocenters. The fourth-order valence-electron chi connectivity index (χ4n) is 3.57. The van der Waals surface area contributed by atoms with Gasteiger partial charge in [0.15, 0.2) is 16.5 Å². The Hall–Kier alpha value is -2.87. The van der Waals surface area contributed by atoms with Gasteiger partial charge in [-0.15, -0.1) is 0 Å². The summed E-state index contributed by atoms with van der Waals surface area (Å²) in [7, 11) is 0. The van der Waals surface area contributed by atoms with Crippen LogP contribution < -0.4 is 19.6 Å². The molecular formula is C25H18BrClN2O3S. The van der Waals surface area contributed by atoms with Gasteiger partial charge in [0, 0.05) is 5.02 Å². The minimum absolute atomic E-state index is 0.0825. The van der Waals surface area contributed by atoms with E-state index in [9.17, 15) is 4.79 Å². The lowest BCUT2D eigenvalue weighted by Gasteiger charge is -2.15. The second-order valence-electron chi connectivity index (χ2n) is 7.31. The Bertz CT molecular complexity index is 1580. The predicted octanol–water partition coefficient (Wildman–Crippen LogP) is 5.85. The molecule has 0 bridgehead atoms. The lowest BCUT2D eigenvalue weighted by molar-refractivity contribution is 0.267. The van der Waals surface area contributed by atoms with E-state index in [2.05, 4.69) is 20.9 Å². The van der Waals surface area contributed by atoms with Gasteiger partial charge in [-0.25, -0.2) is 9.38 Å². The first-order valence-electron chi connectivity index (χ1n) is 10.3. The van der Waals surface area contributed by atoms with E-state index in [4.69, 9.17) is 21.1 Å². The van der Waals surface area contributed by atoms with Gasteiger partial charge in [0.1, 0.15) is 6.61 Å². The van der Waals surface area contributed by atoms with E-state index in [0.29, 0.717) is 39.2 Å². The van der Waals surface area contributed by atoms with Crippen LogP contribution in [-0.2, 0) is 6.61 Å². The van der Waals surface area contributed by atoms with Gasteiger partial charge in [-0.1, -0.05) is 47.2 Å². The average molecular weight is 542 g/mol. The quantitative estimate of drug-likeness (QED) is 0.271. The number of thiazole rings is 1. The highest BCUT2D eigenvalue weighted by Crippen LogP contribution is 2.37. The van der Waals surface area contributed by atoms with Gasteiger partial charge in [0.25, 0.3) is 5.56 Å². The molecule has 0 aliphatic carbocycles. The second-order valence-corrected chi connectivity index (χ2v) is 9.61. The van der Waals surface area contributed by atoms with Crippen molar-refractivity contribution in [2.24, 2.45) is 0 Å². The number of halogens is 2. The average Bonchev–Trinajstić information content (AvgIpc) is 3.31. The van der Waals surface area contributed by atoms with Gasteiger partial charge < -0.3 is 9.47 Å². The second kappa shape index (κ2) is 9.17. The summed E-state index contributed by atoms with van der Waals surface area (Å²) in [4.78, 5) is 18.3. The fourth-order valence-corrected chi connectivity index (χ4v) is 5.26. The maximum Gasteiger partial charge on any atom is 0.274 e. The van der Waals surface area contributed by atoms with E-state index in [1.165, 1.54) is 11.3 Å². The standard InChI is InChI=1S/C25H18BrClN2O3S/c1-2-31-21-12-16(11-18(26)23(21)32-14-15-7-9-17(27)10-8-15)13-22-24(30)29-20-6-4-3-5-19(20)28-25(29)33-22/h3-13H,2,14H2,1H3/b22-13-. The topological polar surface area (TPSA) is 52.8 Å². The van der Waals surface area contributed by atoms with Crippen molar-refractivity contribution in [3.05, 3.63) is 96.2 Å². The summed E-state index contributed by atoms with van der Waals surface area (Å²) >= 11 is 10.9. The largest absolute Gasteiger partial charge is 0.490 e. The number of hydrogen-bond donors (Lipinski definition) is 0. The molecule has 8 heteroatoms. The first-order chi connectivity index (χ1) is 16.0. The lowest BCUT2D eigenvalue weighted by Crippen LogP contribution is -2.22. The summed E-state index contributed by atoms with van der Waals surface area (Å²) in [6.45, 7) is 2.78. The number of fused-ring (bicyclic) bond motifs is 3. The zero-order valence-corrected chi connectivity index (χ0v) is 20.7. The third kappa shape index (κ3) is 4.36. The smallest absolute Gasteiger partial charge is 0.274 e. The summed E-state index contributed by atoms with van der Waals surface area (Å²) in [5.41, 5.74) is 3.37. The van der Waals surface area contributed by atoms with Crippen LogP contribution in [-0.4, -0.2) is 16.0 Å². The van der Waals surface area contributed by atoms with E-state index in [1.807, 2.05) is 73.7 Å². The molecule has 0 saturated heterocycles. The molecular weight excluding hydrogens is 524 g/mol. The van der Waals surface area contributed by atoms with Crippen LogP contribution in [0, 0.1) is 0 Å². The van der Waals surface area contributed by atoms with Crippen molar-refractivity contribution >= 4 is 60.9 Å². The first kappa shape index (κ1) is 21.9. The molecule has 0 aliphatic heterocycles. The lowest BCUT2D eigenvalue weighted by atomic mass is 10.2. The SMILES string of the molecule is CCOc1cc(/C=c2\sc3nc4ccccc4n3c2=O)cc(Br)c1OCc1ccc(Cl)cc1. The number of rotatable bonds is 6. The molecule has 0 spiro atoms. The monoisotopic (exact) mass is 540 g/mol. The van der Waals surface area contributed by atoms with Crippen molar-refractivity contribution in [1.82, 2.24) is 9.38 Å². The van der Waals surface area contributed by atoms with Crippen molar-refractivity contribution < 1.29 is 9.47 Å². The third-order valence-corrected chi connectivity index (χ3v) is 6.88. The van der Waals surface area contributed by atoms with Crippen LogP contribution in [0.15, 0.2) is 69.9 Å². The highest BCUT2D eigenvalue weighted by Gasteiger charge is 2.14. The number of aromatic nitrogens is 2. The van der Waals surface area contributed by atoms with Crippen LogP contribution in [0.5, 0.6) is 11.5 Å². The van der Waals surface area contributed by atoms with Gasteiger partial charge in [0.2, 0.25) is 0 Å². The van der Waals surface area contributed by atoms with Crippen molar-refractivity contribution in [2.75, 3.05) is 6.61 Å². The molecule has 3 aromatic carbocycles. The molecule has 0 radical (unpaired) electrons. The molecule has 0 aliphatic rings. The summed E-state index contributed by atoms with van der Waals surface area (Å²) in [6, 6.07) is 18.9. The van der Waals surface area contributed by atoms with Crippen LogP contribution in [0.3, 0.4) is 0 Å². The number of nitrogens with zero attached hydrogens (tertiary/aromatic N) is 2.